The van der Waals surface area contributed by atoms with Crippen LogP contribution >= 0.6 is 11.6 Å². The van der Waals surface area contributed by atoms with Gasteiger partial charge in [-0.25, -0.2) is 9.67 Å². The molecule has 1 amide bonds. The van der Waals surface area contributed by atoms with E-state index in [-0.39, 0.29) is 5.69 Å². The van der Waals surface area contributed by atoms with E-state index in [0.29, 0.717) is 10.8 Å². The molecule has 0 atom stereocenters. The summed E-state index contributed by atoms with van der Waals surface area (Å²) in [7, 11) is 0. The summed E-state index contributed by atoms with van der Waals surface area (Å²) in [5.41, 5.74) is 5.27. The van der Waals surface area contributed by atoms with Crippen LogP contribution in [-0.2, 0) is 0 Å². The lowest BCUT2D eigenvalue weighted by Gasteiger charge is -1.98. The number of amides is 1. The molecule has 2 aromatic heterocycles. The second-order valence-electron chi connectivity index (χ2n) is 2.84. The third-order valence-corrected chi connectivity index (χ3v) is 2.01. The Morgan fingerprint density at radius 3 is 2.73 bits per heavy atom. The Kier molecular flexibility index (Phi) is 2.39. The fourth-order valence-electron chi connectivity index (χ4n) is 1.09. The largest absolute Gasteiger partial charge is 0.364 e. The molecule has 0 unspecified atom stereocenters. The van der Waals surface area contributed by atoms with Crippen LogP contribution in [0.25, 0.3) is 5.82 Å². The first-order valence-corrected chi connectivity index (χ1v) is 4.52. The van der Waals surface area contributed by atoms with Gasteiger partial charge in [-0.15, -0.1) is 0 Å². The Bertz CT molecular complexity index is 491. The molecule has 0 bridgehead atoms. The standard InChI is InChI=1S/C9H7ClN4O/c10-6-1-2-8(12-5-6)14-4-3-7(13-14)9(11)15/h1-5H,(H2,11,15). The molecule has 0 fully saturated rings. The van der Waals surface area contributed by atoms with Crippen LogP contribution in [0.15, 0.2) is 30.6 Å². The highest BCUT2D eigenvalue weighted by molar-refractivity contribution is 6.30. The van der Waals surface area contributed by atoms with Crippen LogP contribution in [0.5, 0.6) is 0 Å². The Balaban J connectivity index is 2.37. The maximum atomic E-state index is 10.8. The number of nitrogens with two attached hydrogens (primary N) is 1. The zero-order chi connectivity index (χ0) is 10.8. The SMILES string of the molecule is NC(=O)c1ccn(-c2ccc(Cl)cn2)n1. The second kappa shape index (κ2) is 3.70. The van der Waals surface area contributed by atoms with E-state index >= 15 is 0 Å². The van der Waals surface area contributed by atoms with Crippen LogP contribution < -0.4 is 5.73 Å². The summed E-state index contributed by atoms with van der Waals surface area (Å²) in [6, 6.07) is 4.91. The lowest BCUT2D eigenvalue weighted by Crippen LogP contribution is -2.12. The van der Waals surface area contributed by atoms with Crippen molar-refractivity contribution in [3.63, 3.8) is 0 Å². The molecular formula is C9H7ClN4O. The van der Waals surface area contributed by atoms with E-state index in [1.165, 1.54) is 16.9 Å². The van der Waals surface area contributed by atoms with Gasteiger partial charge in [0.1, 0.15) is 5.69 Å². The van der Waals surface area contributed by atoms with Crippen molar-refractivity contribution in [2.75, 3.05) is 0 Å². The van der Waals surface area contributed by atoms with Gasteiger partial charge < -0.3 is 5.73 Å². The number of carbonyl (C=O) groups is 1. The van der Waals surface area contributed by atoms with E-state index in [9.17, 15) is 4.79 Å². The number of hydrogen-bond acceptors (Lipinski definition) is 3. The topological polar surface area (TPSA) is 73.8 Å². The van der Waals surface area contributed by atoms with E-state index in [1.807, 2.05) is 0 Å². The summed E-state index contributed by atoms with van der Waals surface area (Å²) in [6.45, 7) is 0. The van der Waals surface area contributed by atoms with Crippen molar-refractivity contribution in [3.8, 4) is 5.82 Å². The number of primary amides is 1. The molecule has 0 aliphatic carbocycles. The summed E-state index contributed by atoms with van der Waals surface area (Å²) in [5.74, 6) is 0.00890. The Morgan fingerprint density at radius 2 is 2.20 bits per heavy atom. The minimum Gasteiger partial charge on any atom is -0.364 e. The molecule has 2 rings (SSSR count). The van der Waals surface area contributed by atoms with Gasteiger partial charge in [0.2, 0.25) is 0 Å². The van der Waals surface area contributed by atoms with Gasteiger partial charge in [0.25, 0.3) is 5.91 Å². The maximum absolute atomic E-state index is 10.8. The molecule has 2 aromatic rings. The molecule has 0 aromatic carbocycles. The number of aromatic nitrogens is 3. The first kappa shape index (κ1) is 9.67. The highest BCUT2D eigenvalue weighted by atomic mass is 35.5. The average molecular weight is 223 g/mol. The smallest absolute Gasteiger partial charge is 0.269 e. The van der Waals surface area contributed by atoms with E-state index in [2.05, 4.69) is 10.1 Å². The molecule has 0 saturated heterocycles. The van der Waals surface area contributed by atoms with E-state index in [0.717, 1.165) is 0 Å². The third kappa shape index (κ3) is 1.97. The number of nitrogens with zero attached hydrogens (tertiary/aromatic N) is 3. The van der Waals surface area contributed by atoms with Crippen LogP contribution in [0.2, 0.25) is 5.02 Å². The van der Waals surface area contributed by atoms with Crippen molar-refractivity contribution in [1.29, 1.82) is 0 Å². The summed E-state index contributed by atoms with van der Waals surface area (Å²) < 4.78 is 1.45. The fourth-order valence-corrected chi connectivity index (χ4v) is 1.20. The lowest BCUT2D eigenvalue weighted by molar-refractivity contribution is 0.0995. The molecule has 0 aliphatic rings. The molecule has 2 N–H and O–H groups in total. The van der Waals surface area contributed by atoms with Crippen LogP contribution in [0, 0.1) is 0 Å². The van der Waals surface area contributed by atoms with Crippen molar-refractivity contribution < 1.29 is 4.79 Å². The zero-order valence-electron chi connectivity index (χ0n) is 7.59. The number of carbonyl (C=O) groups excluding carboxylic acids is 1. The monoisotopic (exact) mass is 222 g/mol. The Labute approximate surface area is 90.5 Å². The normalized spacial score (nSPS) is 10.2. The Morgan fingerprint density at radius 1 is 1.40 bits per heavy atom. The van der Waals surface area contributed by atoms with Crippen molar-refractivity contribution in [3.05, 3.63) is 41.3 Å². The van der Waals surface area contributed by atoms with Crippen LogP contribution in [0.4, 0.5) is 0 Å². The molecule has 0 spiro atoms. The van der Waals surface area contributed by atoms with Gasteiger partial charge in [-0.1, -0.05) is 11.6 Å². The van der Waals surface area contributed by atoms with Gasteiger partial charge in [0, 0.05) is 12.4 Å². The number of hydrogen-bond donors (Lipinski definition) is 1. The van der Waals surface area contributed by atoms with Crippen LogP contribution in [-0.4, -0.2) is 20.7 Å². The molecule has 6 heteroatoms. The molecular weight excluding hydrogens is 216 g/mol. The van der Waals surface area contributed by atoms with Gasteiger partial charge in [-0.3, -0.25) is 4.79 Å². The first-order valence-electron chi connectivity index (χ1n) is 4.14. The predicted molar refractivity (Wildman–Crippen MR) is 54.9 cm³/mol. The molecule has 0 aliphatic heterocycles. The number of rotatable bonds is 2. The zero-order valence-corrected chi connectivity index (χ0v) is 8.35. The van der Waals surface area contributed by atoms with Crippen molar-refractivity contribution in [2.24, 2.45) is 5.73 Å². The van der Waals surface area contributed by atoms with Crippen molar-refractivity contribution >= 4 is 17.5 Å². The van der Waals surface area contributed by atoms with Gasteiger partial charge in [-0.2, -0.15) is 5.10 Å². The van der Waals surface area contributed by atoms with E-state index in [4.69, 9.17) is 17.3 Å². The maximum Gasteiger partial charge on any atom is 0.269 e. The van der Waals surface area contributed by atoms with Crippen molar-refractivity contribution in [2.45, 2.75) is 0 Å². The van der Waals surface area contributed by atoms with Crippen LogP contribution in [0.3, 0.4) is 0 Å². The highest BCUT2D eigenvalue weighted by Gasteiger charge is 2.06. The summed E-state index contributed by atoms with van der Waals surface area (Å²) >= 11 is 5.69. The predicted octanol–water partition coefficient (Wildman–Crippen LogP) is 1.02. The number of pyridine rings is 1. The fraction of sp³-hybridized carbons (Fsp3) is 0. The number of halogens is 1. The molecule has 2 heterocycles. The third-order valence-electron chi connectivity index (χ3n) is 1.79. The highest BCUT2D eigenvalue weighted by Crippen LogP contribution is 2.09. The quantitative estimate of drug-likeness (QED) is 0.825. The molecule has 76 valence electrons. The molecule has 0 radical (unpaired) electrons. The van der Waals surface area contributed by atoms with Gasteiger partial charge >= 0.3 is 0 Å². The van der Waals surface area contributed by atoms with Gasteiger partial charge in [-0.05, 0) is 18.2 Å². The van der Waals surface area contributed by atoms with E-state index in [1.54, 1.807) is 18.3 Å². The summed E-state index contributed by atoms with van der Waals surface area (Å²) in [6.07, 6.45) is 3.11. The van der Waals surface area contributed by atoms with Crippen molar-refractivity contribution in [1.82, 2.24) is 14.8 Å². The molecule has 15 heavy (non-hydrogen) atoms. The van der Waals surface area contributed by atoms with Gasteiger partial charge in [0.15, 0.2) is 5.82 Å². The Hall–Kier alpha value is -1.88. The summed E-state index contributed by atoms with van der Waals surface area (Å²) in [4.78, 5) is 14.8. The van der Waals surface area contributed by atoms with Gasteiger partial charge in [0.05, 0.1) is 5.02 Å². The molecule has 5 nitrogen and oxygen atoms in total. The average Bonchev–Trinajstić information content (AvgIpc) is 2.68. The van der Waals surface area contributed by atoms with Crippen LogP contribution in [0.1, 0.15) is 10.5 Å². The summed E-state index contributed by atoms with van der Waals surface area (Å²) in [5, 5.41) is 4.49. The second-order valence-corrected chi connectivity index (χ2v) is 3.28. The minimum absolute atomic E-state index is 0.201. The van der Waals surface area contributed by atoms with E-state index < -0.39 is 5.91 Å². The lowest BCUT2D eigenvalue weighted by atomic mass is 10.4. The molecule has 0 saturated carbocycles. The minimum atomic E-state index is -0.567. The first-order chi connectivity index (χ1) is 7.16.